The van der Waals surface area contributed by atoms with Crippen molar-refractivity contribution >= 4 is 15.7 Å². The number of sulfone groups is 1. The lowest BCUT2D eigenvalue weighted by molar-refractivity contribution is -0.122. The van der Waals surface area contributed by atoms with E-state index in [1.165, 1.54) is 0 Å². The third kappa shape index (κ3) is 5.82. The number of nitrogens with one attached hydrogen (secondary N) is 2. The van der Waals surface area contributed by atoms with Crippen LogP contribution < -0.4 is 10.6 Å². The Morgan fingerprint density at radius 1 is 1.50 bits per heavy atom. The minimum atomic E-state index is -2.96. The van der Waals surface area contributed by atoms with E-state index in [4.69, 9.17) is 0 Å². The first-order chi connectivity index (χ1) is 8.43. The first-order valence-corrected chi connectivity index (χ1v) is 8.48. The molecule has 0 saturated carbocycles. The Morgan fingerprint density at radius 3 is 2.83 bits per heavy atom. The molecule has 0 spiro atoms. The van der Waals surface area contributed by atoms with E-state index in [0.717, 1.165) is 19.3 Å². The van der Waals surface area contributed by atoms with Gasteiger partial charge < -0.3 is 10.6 Å². The van der Waals surface area contributed by atoms with Crippen molar-refractivity contribution in [2.24, 2.45) is 0 Å². The van der Waals surface area contributed by atoms with E-state index in [1.807, 2.05) is 6.92 Å². The van der Waals surface area contributed by atoms with Gasteiger partial charge in [0.2, 0.25) is 5.91 Å². The van der Waals surface area contributed by atoms with Gasteiger partial charge in [0, 0.05) is 25.0 Å². The van der Waals surface area contributed by atoms with Crippen LogP contribution in [0.25, 0.3) is 0 Å². The Balaban J connectivity index is 2.31. The van der Waals surface area contributed by atoms with Crippen molar-refractivity contribution in [2.45, 2.75) is 51.6 Å². The predicted octanol–water partition coefficient (Wildman–Crippen LogP) is 0.458. The number of amides is 1. The van der Waals surface area contributed by atoms with Crippen LogP contribution in [0.15, 0.2) is 0 Å². The topological polar surface area (TPSA) is 75.3 Å². The molecule has 0 bridgehead atoms. The number of hydrogen-bond donors (Lipinski definition) is 2. The zero-order chi connectivity index (χ0) is 13.6. The van der Waals surface area contributed by atoms with Crippen LogP contribution in [0.2, 0.25) is 0 Å². The minimum absolute atomic E-state index is 0.0618. The normalized spacial score (nSPS) is 24.4. The van der Waals surface area contributed by atoms with Crippen LogP contribution in [0, 0.1) is 0 Å². The fourth-order valence-corrected chi connectivity index (χ4v) is 3.58. The van der Waals surface area contributed by atoms with Crippen molar-refractivity contribution in [3.05, 3.63) is 0 Å². The summed E-state index contributed by atoms with van der Waals surface area (Å²) in [6.07, 6.45) is 3.43. The predicted molar refractivity (Wildman–Crippen MR) is 72.2 cm³/mol. The highest BCUT2D eigenvalue weighted by Crippen LogP contribution is 2.06. The highest BCUT2D eigenvalue weighted by Gasteiger charge is 2.26. The molecule has 18 heavy (non-hydrogen) atoms. The van der Waals surface area contributed by atoms with Crippen molar-refractivity contribution in [1.29, 1.82) is 0 Å². The maximum atomic E-state index is 11.7. The molecule has 6 heteroatoms. The van der Waals surface area contributed by atoms with Gasteiger partial charge >= 0.3 is 0 Å². The molecule has 5 nitrogen and oxygen atoms in total. The summed E-state index contributed by atoms with van der Waals surface area (Å²) >= 11 is 0. The number of hydrogen-bond acceptors (Lipinski definition) is 4. The smallest absolute Gasteiger partial charge is 0.221 e. The van der Waals surface area contributed by atoms with E-state index in [0.29, 0.717) is 6.54 Å². The summed E-state index contributed by atoms with van der Waals surface area (Å²) in [6.45, 7) is 4.55. The van der Waals surface area contributed by atoms with Gasteiger partial charge in [0.25, 0.3) is 0 Å². The van der Waals surface area contributed by atoms with Crippen molar-refractivity contribution in [3.8, 4) is 0 Å². The lowest BCUT2D eigenvalue weighted by Gasteiger charge is -2.24. The summed E-state index contributed by atoms with van der Waals surface area (Å²) in [5, 5.41) is 6.00. The van der Waals surface area contributed by atoms with E-state index < -0.39 is 9.84 Å². The molecule has 0 aromatic heterocycles. The second-order valence-electron chi connectivity index (χ2n) is 5.08. The highest BCUT2D eigenvalue weighted by atomic mass is 32.2. The van der Waals surface area contributed by atoms with Gasteiger partial charge in [-0.1, -0.05) is 19.8 Å². The van der Waals surface area contributed by atoms with Crippen LogP contribution in [0.3, 0.4) is 0 Å². The Bertz CT molecular complexity index is 368. The Hall–Kier alpha value is -0.620. The number of unbranched alkanes of at least 4 members (excludes halogenated alkanes) is 1. The number of rotatable bonds is 6. The molecule has 0 aliphatic carbocycles. The maximum absolute atomic E-state index is 11.7. The summed E-state index contributed by atoms with van der Waals surface area (Å²) in [4.78, 5) is 11.7. The molecule has 1 rings (SSSR count). The van der Waals surface area contributed by atoms with Crippen molar-refractivity contribution in [1.82, 2.24) is 10.6 Å². The SMILES string of the molecule is CCCCC(C)NC(=O)CC1CS(=O)(=O)CCN1. The molecular weight excluding hydrogens is 252 g/mol. The van der Waals surface area contributed by atoms with Gasteiger partial charge in [-0.15, -0.1) is 0 Å². The molecule has 1 fully saturated rings. The zero-order valence-electron chi connectivity index (χ0n) is 11.2. The molecule has 1 heterocycles. The van der Waals surface area contributed by atoms with E-state index in [1.54, 1.807) is 0 Å². The first kappa shape index (κ1) is 15.4. The van der Waals surface area contributed by atoms with Gasteiger partial charge in [-0.05, 0) is 13.3 Å². The van der Waals surface area contributed by atoms with Crippen molar-refractivity contribution in [2.75, 3.05) is 18.1 Å². The van der Waals surface area contributed by atoms with E-state index in [2.05, 4.69) is 17.6 Å². The van der Waals surface area contributed by atoms with E-state index in [9.17, 15) is 13.2 Å². The zero-order valence-corrected chi connectivity index (χ0v) is 12.1. The standard InChI is InChI=1S/C12H24N2O3S/c1-3-4-5-10(2)14-12(15)8-11-9-18(16,17)7-6-13-11/h10-11,13H,3-9H2,1-2H3,(H,14,15). The second-order valence-corrected chi connectivity index (χ2v) is 7.31. The van der Waals surface area contributed by atoms with Crippen LogP contribution in [0.5, 0.6) is 0 Å². The van der Waals surface area contributed by atoms with Gasteiger partial charge in [-0.3, -0.25) is 4.79 Å². The minimum Gasteiger partial charge on any atom is -0.354 e. The van der Waals surface area contributed by atoms with Crippen molar-refractivity contribution < 1.29 is 13.2 Å². The summed E-state index contributed by atoms with van der Waals surface area (Å²) in [5.74, 6) is 0.190. The third-order valence-corrected chi connectivity index (χ3v) is 4.87. The molecule has 0 radical (unpaired) electrons. The highest BCUT2D eigenvalue weighted by molar-refractivity contribution is 7.91. The average Bonchev–Trinajstić information content (AvgIpc) is 2.24. The molecule has 1 aliphatic rings. The third-order valence-electron chi connectivity index (χ3n) is 3.13. The largest absolute Gasteiger partial charge is 0.354 e. The number of carbonyl (C=O) groups excluding carboxylic acids is 1. The molecule has 0 aromatic rings. The first-order valence-electron chi connectivity index (χ1n) is 6.66. The number of carbonyl (C=O) groups is 1. The lowest BCUT2D eigenvalue weighted by Crippen LogP contribution is -2.48. The quantitative estimate of drug-likeness (QED) is 0.739. The van der Waals surface area contributed by atoms with Crippen LogP contribution in [-0.4, -0.2) is 44.5 Å². The van der Waals surface area contributed by atoms with E-state index >= 15 is 0 Å². The van der Waals surface area contributed by atoms with E-state index in [-0.39, 0.29) is 35.9 Å². The molecule has 1 saturated heterocycles. The monoisotopic (exact) mass is 276 g/mol. The van der Waals surface area contributed by atoms with Crippen LogP contribution in [-0.2, 0) is 14.6 Å². The van der Waals surface area contributed by atoms with Gasteiger partial charge in [-0.25, -0.2) is 8.42 Å². The van der Waals surface area contributed by atoms with Gasteiger partial charge in [0.1, 0.15) is 0 Å². The Labute approximate surface area is 110 Å². The summed E-state index contributed by atoms with van der Waals surface area (Å²) < 4.78 is 22.9. The second kappa shape index (κ2) is 7.09. The molecule has 0 aromatic carbocycles. The molecule has 106 valence electrons. The molecule has 2 unspecified atom stereocenters. The van der Waals surface area contributed by atoms with Crippen LogP contribution >= 0.6 is 0 Å². The Kier molecular flexibility index (Phi) is 6.08. The molecule has 2 N–H and O–H groups in total. The summed E-state index contributed by atoms with van der Waals surface area (Å²) in [7, 11) is -2.96. The Morgan fingerprint density at radius 2 is 2.22 bits per heavy atom. The molecule has 1 aliphatic heterocycles. The summed E-state index contributed by atoms with van der Waals surface area (Å²) in [6, 6.07) is -0.0697. The van der Waals surface area contributed by atoms with Crippen LogP contribution in [0.1, 0.15) is 39.5 Å². The maximum Gasteiger partial charge on any atom is 0.221 e. The molecule has 1 amide bonds. The average molecular weight is 276 g/mol. The van der Waals surface area contributed by atoms with Gasteiger partial charge in [0.15, 0.2) is 9.84 Å². The molecule has 2 atom stereocenters. The lowest BCUT2D eigenvalue weighted by atomic mass is 10.1. The van der Waals surface area contributed by atoms with Gasteiger partial charge in [0.05, 0.1) is 11.5 Å². The van der Waals surface area contributed by atoms with Crippen molar-refractivity contribution in [3.63, 3.8) is 0 Å². The van der Waals surface area contributed by atoms with Gasteiger partial charge in [-0.2, -0.15) is 0 Å². The fraction of sp³-hybridized carbons (Fsp3) is 0.917. The summed E-state index contributed by atoms with van der Waals surface area (Å²) in [5.41, 5.74) is 0. The fourth-order valence-electron chi connectivity index (χ4n) is 2.14. The molecular formula is C12H24N2O3S. The van der Waals surface area contributed by atoms with Crippen LogP contribution in [0.4, 0.5) is 0 Å².